The van der Waals surface area contributed by atoms with E-state index in [1.807, 2.05) is 4.90 Å². The van der Waals surface area contributed by atoms with Gasteiger partial charge in [0.25, 0.3) is 0 Å². The van der Waals surface area contributed by atoms with E-state index in [1.54, 1.807) is 0 Å². The number of piperidine rings is 1. The molecule has 0 saturated carbocycles. The van der Waals surface area contributed by atoms with Crippen molar-refractivity contribution in [1.82, 2.24) is 4.90 Å². The molecule has 0 unspecified atom stereocenters. The Bertz CT molecular complexity index is 193. The highest BCUT2D eigenvalue weighted by Crippen LogP contribution is 2.10. The van der Waals surface area contributed by atoms with Crippen molar-refractivity contribution < 1.29 is 4.79 Å². The molecular formula is C10H15NO. The summed E-state index contributed by atoms with van der Waals surface area (Å²) in [7, 11) is 0. The Morgan fingerprint density at radius 3 is 3.00 bits per heavy atom. The first-order valence-corrected chi connectivity index (χ1v) is 4.56. The van der Waals surface area contributed by atoms with Gasteiger partial charge in [0.05, 0.1) is 0 Å². The first kappa shape index (κ1) is 9.12. The Hall–Kier alpha value is -0.970. The summed E-state index contributed by atoms with van der Waals surface area (Å²) < 4.78 is 0. The lowest BCUT2D eigenvalue weighted by molar-refractivity contribution is -0.133. The minimum absolute atomic E-state index is 0.304. The zero-order valence-electron chi connectivity index (χ0n) is 7.38. The third kappa shape index (κ3) is 2.58. The molecule has 12 heavy (non-hydrogen) atoms. The predicted octanol–water partition coefficient (Wildman–Crippen LogP) is 1.41. The average molecular weight is 165 g/mol. The number of hydrogen-bond donors (Lipinski definition) is 0. The number of terminal acetylenes is 1. The van der Waals surface area contributed by atoms with E-state index in [4.69, 9.17) is 6.42 Å². The summed E-state index contributed by atoms with van der Waals surface area (Å²) in [5.74, 6) is 2.89. The van der Waals surface area contributed by atoms with Crippen molar-refractivity contribution in [2.45, 2.75) is 32.1 Å². The summed E-state index contributed by atoms with van der Waals surface area (Å²) in [6, 6.07) is 0. The fourth-order valence-corrected chi connectivity index (χ4v) is 1.47. The lowest BCUT2D eigenvalue weighted by Crippen LogP contribution is -2.35. The molecule has 1 saturated heterocycles. The molecule has 1 amide bonds. The lowest BCUT2D eigenvalue weighted by Gasteiger charge is -2.26. The van der Waals surface area contributed by atoms with Crippen LogP contribution in [0, 0.1) is 12.3 Å². The zero-order chi connectivity index (χ0) is 8.81. The van der Waals surface area contributed by atoms with Gasteiger partial charge in [0.15, 0.2) is 0 Å². The molecule has 0 aromatic carbocycles. The highest BCUT2D eigenvalue weighted by Gasteiger charge is 2.16. The van der Waals surface area contributed by atoms with Gasteiger partial charge in [0.1, 0.15) is 0 Å². The molecule has 0 aromatic rings. The highest BCUT2D eigenvalue weighted by atomic mass is 16.2. The molecule has 1 rings (SSSR count). The molecule has 0 N–H and O–H groups in total. The van der Waals surface area contributed by atoms with E-state index < -0.39 is 0 Å². The van der Waals surface area contributed by atoms with Crippen molar-refractivity contribution in [2.24, 2.45) is 0 Å². The molecule has 2 nitrogen and oxygen atoms in total. The van der Waals surface area contributed by atoms with E-state index in [1.165, 1.54) is 0 Å². The van der Waals surface area contributed by atoms with Gasteiger partial charge in [0.2, 0.25) is 5.91 Å². The summed E-state index contributed by atoms with van der Waals surface area (Å²) >= 11 is 0. The van der Waals surface area contributed by atoms with Gasteiger partial charge in [-0.3, -0.25) is 4.79 Å². The molecule has 1 heterocycles. The Morgan fingerprint density at radius 1 is 1.50 bits per heavy atom. The quantitative estimate of drug-likeness (QED) is 0.457. The molecule has 0 radical (unpaired) electrons. The number of likely N-dealkylation sites (tertiary alicyclic amines) is 1. The van der Waals surface area contributed by atoms with Crippen LogP contribution < -0.4 is 0 Å². The summed E-state index contributed by atoms with van der Waals surface area (Å²) in [5, 5.41) is 0. The second-order valence-corrected chi connectivity index (χ2v) is 3.15. The zero-order valence-corrected chi connectivity index (χ0v) is 7.38. The molecule has 0 atom stereocenters. The third-order valence-electron chi connectivity index (χ3n) is 2.17. The van der Waals surface area contributed by atoms with E-state index in [-0.39, 0.29) is 0 Å². The van der Waals surface area contributed by atoms with Gasteiger partial charge in [-0.2, -0.15) is 0 Å². The number of rotatable bonds is 3. The monoisotopic (exact) mass is 165 g/mol. The van der Waals surface area contributed by atoms with Crippen molar-refractivity contribution in [3.05, 3.63) is 0 Å². The maximum absolute atomic E-state index is 11.3. The van der Waals surface area contributed by atoms with Crippen molar-refractivity contribution >= 4 is 5.91 Å². The SMILES string of the molecule is C#CCCCN1CCCCC1=O. The number of amides is 1. The van der Waals surface area contributed by atoms with Crippen LogP contribution in [0.4, 0.5) is 0 Å². The van der Waals surface area contributed by atoms with Gasteiger partial charge in [0, 0.05) is 25.9 Å². The van der Waals surface area contributed by atoms with Crippen molar-refractivity contribution in [3.63, 3.8) is 0 Å². The van der Waals surface area contributed by atoms with E-state index in [2.05, 4.69) is 5.92 Å². The minimum Gasteiger partial charge on any atom is -0.343 e. The van der Waals surface area contributed by atoms with Crippen molar-refractivity contribution in [2.75, 3.05) is 13.1 Å². The molecule has 1 aliphatic heterocycles. The van der Waals surface area contributed by atoms with Crippen LogP contribution >= 0.6 is 0 Å². The van der Waals surface area contributed by atoms with Gasteiger partial charge in [-0.25, -0.2) is 0 Å². The Morgan fingerprint density at radius 2 is 2.33 bits per heavy atom. The summed E-state index contributed by atoms with van der Waals surface area (Å²) in [5.41, 5.74) is 0. The van der Waals surface area contributed by atoms with Crippen molar-refractivity contribution in [1.29, 1.82) is 0 Å². The highest BCUT2D eigenvalue weighted by molar-refractivity contribution is 5.76. The van der Waals surface area contributed by atoms with E-state index >= 15 is 0 Å². The first-order chi connectivity index (χ1) is 5.84. The average Bonchev–Trinajstić information content (AvgIpc) is 2.09. The molecule has 0 aromatic heterocycles. The Balaban J connectivity index is 2.21. The van der Waals surface area contributed by atoms with Crippen LogP contribution in [0.1, 0.15) is 32.1 Å². The van der Waals surface area contributed by atoms with Crippen LogP contribution in [0.3, 0.4) is 0 Å². The standard InChI is InChI=1S/C10H15NO/c1-2-3-5-8-11-9-6-4-7-10(11)12/h1H,3-9H2. The minimum atomic E-state index is 0.304. The number of carbonyl (C=O) groups is 1. The molecule has 0 aliphatic carbocycles. The molecule has 1 fully saturated rings. The van der Waals surface area contributed by atoms with E-state index in [0.717, 1.165) is 45.2 Å². The van der Waals surface area contributed by atoms with Crippen LogP contribution in [0.5, 0.6) is 0 Å². The summed E-state index contributed by atoms with van der Waals surface area (Å²) in [6.07, 6.45) is 9.80. The molecular weight excluding hydrogens is 150 g/mol. The molecule has 1 aliphatic rings. The van der Waals surface area contributed by atoms with Gasteiger partial charge in [-0.05, 0) is 19.3 Å². The van der Waals surface area contributed by atoms with E-state index in [9.17, 15) is 4.79 Å². The predicted molar refractivity (Wildman–Crippen MR) is 48.5 cm³/mol. The van der Waals surface area contributed by atoms with E-state index in [0.29, 0.717) is 5.91 Å². The fraction of sp³-hybridized carbons (Fsp3) is 0.700. The molecule has 0 bridgehead atoms. The van der Waals surface area contributed by atoms with Crippen LogP contribution in [0.15, 0.2) is 0 Å². The third-order valence-corrected chi connectivity index (χ3v) is 2.17. The molecule has 0 spiro atoms. The number of hydrogen-bond acceptors (Lipinski definition) is 1. The summed E-state index contributed by atoms with van der Waals surface area (Å²) in [6.45, 7) is 1.78. The topological polar surface area (TPSA) is 20.3 Å². The van der Waals surface area contributed by atoms with Crippen LogP contribution in [-0.4, -0.2) is 23.9 Å². The number of nitrogens with zero attached hydrogens (tertiary/aromatic N) is 1. The van der Waals surface area contributed by atoms with Crippen LogP contribution in [-0.2, 0) is 4.79 Å². The van der Waals surface area contributed by atoms with Crippen LogP contribution in [0.2, 0.25) is 0 Å². The number of unbranched alkanes of at least 4 members (excludes halogenated alkanes) is 1. The van der Waals surface area contributed by atoms with Gasteiger partial charge >= 0.3 is 0 Å². The summed E-state index contributed by atoms with van der Waals surface area (Å²) in [4.78, 5) is 13.2. The second-order valence-electron chi connectivity index (χ2n) is 3.15. The van der Waals surface area contributed by atoms with Crippen LogP contribution in [0.25, 0.3) is 0 Å². The molecule has 66 valence electrons. The van der Waals surface area contributed by atoms with Crippen molar-refractivity contribution in [3.8, 4) is 12.3 Å². The molecule has 2 heteroatoms. The Kier molecular flexibility index (Phi) is 3.66. The first-order valence-electron chi connectivity index (χ1n) is 4.56. The second kappa shape index (κ2) is 4.82. The Labute approximate surface area is 73.9 Å². The van der Waals surface area contributed by atoms with Gasteiger partial charge in [-0.1, -0.05) is 0 Å². The lowest BCUT2D eigenvalue weighted by atomic mass is 10.1. The number of carbonyl (C=O) groups excluding carboxylic acids is 1. The normalized spacial score (nSPS) is 17.6. The smallest absolute Gasteiger partial charge is 0.222 e. The van der Waals surface area contributed by atoms with Gasteiger partial charge < -0.3 is 4.90 Å². The largest absolute Gasteiger partial charge is 0.343 e. The van der Waals surface area contributed by atoms with Gasteiger partial charge in [-0.15, -0.1) is 12.3 Å². The fourth-order valence-electron chi connectivity index (χ4n) is 1.47. The maximum atomic E-state index is 11.3. The maximum Gasteiger partial charge on any atom is 0.222 e.